The van der Waals surface area contributed by atoms with Crippen molar-refractivity contribution in [1.82, 2.24) is 9.38 Å². The summed E-state index contributed by atoms with van der Waals surface area (Å²) in [4.78, 5) is 15.2. The van der Waals surface area contributed by atoms with Crippen LogP contribution in [0.4, 0.5) is 0 Å². The van der Waals surface area contributed by atoms with E-state index >= 15 is 0 Å². The van der Waals surface area contributed by atoms with Crippen LogP contribution < -0.4 is 0 Å². The molecule has 0 saturated carbocycles. The van der Waals surface area contributed by atoms with Crippen molar-refractivity contribution in [3.8, 4) is 0 Å². The number of rotatable bonds is 2. The van der Waals surface area contributed by atoms with Crippen molar-refractivity contribution in [2.24, 2.45) is 5.41 Å². The molecule has 0 radical (unpaired) electrons. The van der Waals surface area contributed by atoms with Gasteiger partial charge >= 0.3 is 0 Å². The van der Waals surface area contributed by atoms with Crippen LogP contribution in [0.3, 0.4) is 0 Å². The van der Waals surface area contributed by atoms with Crippen LogP contribution in [0, 0.1) is 5.41 Å². The molecule has 0 amide bonds. The zero-order valence-corrected chi connectivity index (χ0v) is 9.90. The van der Waals surface area contributed by atoms with Gasteiger partial charge in [-0.05, 0) is 24.0 Å². The molecule has 2 aromatic rings. The van der Waals surface area contributed by atoms with E-state index in [4.69, 9.17) is 0 Å². The molecule has 0 aliphatic heterocycles. The van der Waals surface area contributed by atoms with Gasteiger partial charge < -0.3 is 4.40 Å². The second-order valence-electron chi connectivity index (χ2n) is 5.32. The van der Waals surface area contributed by atoms with Gasteiger partial charge in [-0.2, -0.15) is 0 Å². The first-order valence-electron chi connectivity index (χ1n) is 5.41. The van der Waals surface area contributed by atoms with Crippen molar-refractivity contribution in [3.63, 3.8) is 0 Å². The van der Waals surface area contributed by atoms with Crippen LogP contribution in [0.5, 0.6) is 0 Å². The lowest BCUT2D eigenvalue weighted by Gasteiger charge is -2.15. The molecule has 0 aromatic carbocycles. The maximum absolute atomic E-state index is 10.7. The van der Waals surface area contributed by atoms with Gasteiger partial charge in [0.2, 0.25) is 0 Å². The molecule has 0 fully saturated rings. The Bertz CT molecular complexity index is 520. The lowest BCUT2D eigenvalue weighted by molar-refractivity contribution is 0.112. The highest BCUT2D eigenvalue weighted by molar-refractivity contribution is 5.74. The Hall–Kier alpha value is -1.64. The second-order valence-corrected chi connectivity index (χ2v) is 5.32. The summed E-state index contributed by atoms with van der Waals surface area (Å²) >= 11 is 0. The molecule has 2 aromatic heterocycles. The van der Waals surface area contributed by atoms with Crippen LogP contribution in [0.1, 0.15) is 36.8 Å². The molecule has 2 heterocycles. The number of pyridine rings is 1. The summed E-state index contributed by atoms with van der Waals surface area (Å²) in [7, 11) is 0. The van der Waals surface area contributed by atoms with E-state index in [1.807, 2.05) is 22.9 Å². The molecule has 84 valence electrons. The summed E-state index contributed by atoms with van der Waals surface area (Å²) in [5, 5.41) is 0. The van der Waals surface area contributed by atoms with Gasteiger partial charge in [0.15, 0.2) is 6.29 Å². The molecule has 3 nitrogen and oxygen atoms in total. The highest BCUT2D eigenvalue weighted by Gasteiger charge is 2.13. The molecule has 0 unspecified atom stereocenters. The fourth-order valence-electron chi connectivity index (χ4n) is 1.76. The lowest BCUT2D eigenvalue weighted by atomic mass is 9.91. The average molecular weight is 216 g/mol. The van der Waals surface area contributed by atoms with Crippen molar-refractivity contribution in [2.75, 3.05) is 0 Å². The second kappa shape index (κ2) is 3.74. The van der Waals surface area contributed by atoms with Crippen molar-refractivity contribution >= 4 is 11.9 Å². The fraction of sp³-hybridized carbons (Fsp3) is 0.385. The number of carbonyl (C=O) groups is 1. The third kappa shape index (κ3) is 2.30. The molecule has 0 aliphatic carbocycles. The zero-order valence-electron chi connectivity index (χ0n) is 9.90. The van der Waals surface area contributed by atoms with Crippen LogP contribution in [-0.2, 0) is 6.42 Å². The fourth-order valence-corrected chi connectivity index (χ4v) is 1.76. The van der Waals surface area contributed by atoms with Gasteiger partial charge in [0.05, 0.1) is 5.69 Å². The van der Waals surface area contributed by atoms with Crippen molar-refractivity contribution in [1.29, 1.82) is 0 Å². The summed E-state index contributed by atoms with van der Waals surface area (Å²) in [6.07, 6.45) is 5.59. The minimum absolute atomic E-state index is 0.228. The first-order chi connectivity index (χ1) is 7.48. The number of hydrogen-bond donors (Lipinski definition) is 0. The monoisotopic (exact) mass is 216 g/mol. The minimum atomic E-state index is 0.228. The Morgan fingerprint density at radius 2 is 2.06 bits per heavy atom. The number of hydrogen-bond acceptors (Lipinski definition) is 2. The third-order valence-electron chi connectivity index (χ3n) is 2.37. The van der Waals surface area contributed by atoms with E-state index in [0.717, 1.165) is 24.0 Å². The quantitative estimate of drug-likeness (QED) is 0.723. The number of carbonyl (C=O) groups excluding carboxylic acids is 1. The number of fused-ring (bicyclic) bond motifs is 1. The molecule has 2 rings (SSSR count). The van der Waals surface area contributed by atoms with Gasteiger partial charge in [-0.1, -0.05) is 20.8 Å². The molecule has 3 heteroatoms. The predicted molar refractivity (Wildman–Crippen MR) is 63.7 cm³/mol. The van der Waals surface area contributed by atoms with Gasteiger partial charge in [-0.3, -0.25) is 4.79 Å². The van der Waals surface area contributed by atoms with Crippen LogP contribution >= 0.6 is 0 Å². The maximum atomic E-state index is 10.7. The first-order valence-corrected chi connectivity index (χ1v) is 5.41. The normalized spacial score (nSPS) is 11.9. The van der Waals surface area contributed by atoms with E-state index in [9.17, 15) is 4.79 Å². The van der Waals surface area contributed by atoms with Crippen molar-refractivity contribution in [2.45, 2.75) is 27.2 Å². The van der Waals surface area contributed by atoms with Crippen LogP contribution in [0.2, 0.25) is 0 Å². The largest absolute Gasteiger partial charge is 0.306 e. The Labute approximate surface area is 95.1 Å². The van der Waals surface area contributed by atoms with Gasteiger partial charge in [-0.15, -0.1) is 0 Å². The average Bonchev–Trinajstić information content (AvgIpc) is 2.55. The van der Waals surface area contributed by atoms with Gasteiger partial charge in [0, 0.05) is 18.0 Å². The Kier molecular flexibility index (Phi) is 2.54. The van der Waals surface area contributed by atoms with E-state index in [1.54, 1.807) is 6.07 Å². The number of aromatic nitrogens is 2. The Morgan fingerprint density at radius 3 is 2.69 bits per heavy atom. The number of imidazole rings is 1. The van der Waals surface area contributed by atoms with E-state index < -0.39 is 0 Å². The van der Waals surface area contributed by atoms with E-state index in [2.05, 4.69) is 25.8 Å². The molecule has 0 atom stereocenters. The molecule has 0 saturated heterocycles. The first kappa shape index (κ1) is 10.9. The van der Waals surface area contributed by atoms with Crippen molar-refractivity contribution < 1.29 is 4.79 Å². The molecule has 0 N–H and O–H groups in total. The molecule has 0 spiro atoms. The van der Waals surface area contributed by atoms with E-state index in [0.29, 0.717) is 5.56 Å². The van der Waals surface area contributed by atoms with Crippen LogP contribution in [-0.4, -0.2) is 15.7 Å². The Balaban J connectivity index is 2.40. The molecule has 0 bridgehead atoms. The SMILES string of the molecule is CC(C)(C)Cc1cn2cc(C=O)ccc2n1. The van der Waals surface area contributed by atoms with Crippen molar-refractivity contribution in [3.05, 3.63) is 35.8 Å². The third-order valence-corrected chi connectivity index (χ3v) is 2.37. The van der Waals surface area contributed by atoms with E-state index in [-0.39, 0.29) is 5.41 Å². The van der Waals surface area contributed by atoms with Gasteiger partial charge in [0.1, 0.15) is 5.65 Å². The van der Waals surface area contributed by atoms with Crippen LogP contribution in [0.25, 0.3) is 5.65 Å². The Morgan fingerprint density at radius 1 is 1.31 bits per heavy atom. The summed E-state index contributed by atoms with van der Waals surface area (Å²) in [5.74, 6) is 0. The van der Waals surface area contributed by atoms with Gasteiger partial charge in [-0.25, -0.2) is 4.98 Å². The van der Waals surface area contributed by atoms with E-state index in [1.165, 1.54) is 0 Å². The summed E-state index contributed by atoms with van der Waals surface area (Å²) in [5.41, 5.74) is 2.86. The zero-order chi connectivity index (χ0) is 11.8. The molecule has 16 heavy (non-hydrogen) atoms. The molecular formula is C13H16N2O. The standard InChI is InChI=1S/C13H16N2O/c1-13(2,3)6-11-8-15-7-10(9-16)4-5-12(15)14-11/h4-5,7-9H,6H2,1-3H3. The number of nitrogens with zero attached hydrogens (tertiary/aromatic N) is 2. The predicted octanol–water partition coefficient (Wildman–Crippen LogP) is 2.74. The highest BCUT2D eigenvalue weighted by atomic mass is 16.1. The summed E-state index contributed by atoms with van der Waals surface area (Å²) in [6, 6.07) is 3.66. The summed E-state index contributed by atoms with van der Waals surface area (Å²) in [6.45, 7) is 6.57. The lowest BCUT2D eigenvalue weighted by Crippen LogP contribution is -2.09. The van der Waals surface area contributed by atoms with Gasteiger partial charge in [0.25, 0.3) is 0 Å². The van der Waals surface area contributed by atoms with Crippen LogP contribution in [0.15, 0.2) is 24.5 Å². The molecule has 0 aliphatic rings. The maximum Gasteiger partial charge on any atom is 0.151 e. The molecular weight excluding hydrogens is 200 g/mol. The highest BCUT2D eigenvalue weighted by Crippen LogP contribution is 2.20. The topological polar surface area (TPSA) is 34.4 Å². The minimum Gasteiger partial charge on any atom is -0.306 e. The summed E-state index contributed by atoms with van der Waals surface area (Å²) < 4.78 is 1.91. The smallest absolute Gasteiger partial charge is 0.151 e. The number of aldehydes is 1.